The Kier molecular flexibility index (Phi) is 4.73. The average molecular weight is 292 g/mol. The van der Waals surface area contributed by atoms with Gasteiger partial charge in [-0.05, 0) is 26.8 Å². The number of nitrogens with zero attached hydrogens (tertiary/aromatic N) is 1. The van der Waals surface area contributed by atoms with E-state index in [4.69, 9.17) is 9.47 Å². The molecule has 0 aromatic heterocycles. The molecule has 1 heterocycles. The molecule has 1 aliphatic heterocycles. The van der Waals surface area contributed by atoms with Crippen LogP contribution in [0.25, 0.3) is 0 Å². The van der Waals surface area contributed by atoms with Crippen LogP contribution < -0.4 is 10.1 Å². The quantitative estimate of drug-likeness (QED) is 0.910. The van der Waals surface area contributed by atoms with E-state index in [0.717, 1.165) is 17.9 Å². The normalized spacial score (nSPS) is 19.2. The Balaban J connectivity index is 2.25. The van der Waals surface area contributed by atoms with Crippen molar-refractivity contribution in [2.45, 2.75) is 32.4 Å². The molecule has 1 N–H and O–H groups in total. The topological polar surface area (TPSA) is 50.8 Å². The number of methoxy groups -OCH3 is 1. The van der Waals surface area contributed by atoms with Crippen molar-refractivity contribution < 1.29 is 14.3 Å². The van der Waals surface area contributed by atoms with Crippen molar-refractivity contribution in [1.82, 2.24) is 10.2 Å². The van der Waals surface area contributed by atoms with Gasteiger partial charge in [0.1, 0.15) is 11.4 Å². The molecule has 1 fully saturated rings. The lowest BCUT2D eigenvalue weighted by Gasteiger charge is -2.37. The van der Waals surface area contributed by atoms with E-state index in [1.54, 1.807) is 12.0 Å². The average Bonchev–Trinajstić information content (AvgIpc) is 2.45. The summed E-state index contributed by atoms with van der Waals surface area (Å²) >= 11 is 0. The Morgan fingerprint density at radius 1 is 1.33 bits per heavy atom. The van der Waals surface area contributed by atoms with Gasteiger partial charge in [0.2, 0.25) is 0 Å². The molecule has 0 saturated carbocycles. The van der Waals surface area contributed by atoms with Gasteiger partial charge in [-0.1, -0.05) is 18.2 Å². The van der Waals surface area contributed by atoms with Crippen LogP contribution in [0.1, 0.15) is 32.4 Å². The number of nitrogens with one attached hydrogen (secondary N) is 1. The molecule has 1 atom stereocenters. The molecule has 21 heavy (non-hydrogen) atoms. The third-order valence-electron chi connectivity index (χ3n) is 3.37. The Bertz CT molecular complexity index is 497. The van der Waals surface area contributed by atoms with E-state index in [9.17, 15) is 4.79 Å². The summed E-state index contributed by atoms with van der Waals surface area (Å²) in [5.41, 5.74) is 0.505. The molecule has 0 aliphatic carbocycles. The number of ether oxygens (including phenoxy) is 2. The fraction of sp³-hybridized carbons (Fsp3) is 0.562. The standard InChI is InChI=1S/C16H24N2O3/c1-16(2,3)21-15(19)18-10-9-17-11-13(18)12-7-5-6-8-14(12)20-4/h5-8,13,17H,9-11H2,1-4H3/t13-/m0/s1. The Labute approximate surface area is 126 Å². The van der Waals surface area contributed by atoms with Crippen molar-refractivity contribution in [3.63, 3.8) is 0 Å². The summed E-state index contributed by atoms with van der Waals surface area (Å²) in [6.07, 6.45) is -0.278. The zero-order chi connectivity index (χ0) is 15.5. The summed E-state index contributed by atoms with van der Waals surface area (Å²) in [6, 6.07) is 7.71. The summed E-state index contributed by atoms with van der Waals surface area (Å²) in [4.78, 5) is 14.2. The fourth-order valence-electron chi connectivity index (χ4n) is 2.46. The molecular weight excluding hydrogens is 268 g/mol. The van der Waals surface area contributed by atoms with Gasteiger partial charge in [-0.25, -0.2) is 4.79 Å². The fourth-order valence-corrected chi connectivity index (χ4v) is 2.46. The lowest BCUT2D eigenvalue weighted by atomic mass is 10.0. The SMILES string of the molecule is COc1ccccc1[C@@H]1CNCCN1C(=O)OC(C)(C)C. The van der Waals surface area contributed by atoms with Crippen LogP contribution in [0.4, 0.5) is 4.79 Å². The number of amides is 1. The first-order chi connectivity index (χ1) is 9.92. The number of para-hydroxylation sites is 1. The summed E-state index contributed by atoms with van der Waals surface area (Å²) < 4.78 is 10.9. The number of piperazine rings is 1. The maximum absolute atomic E-state index is 12.4. The second kappa shape index (κ2) is 6.35. The molecule has 5 nitrogen and oxygen atoms in total. The van der Waals surface area contributed by atoms with Gasteiger partial charge in [0.15, 0.2) is 0 Å². The van der Waals surface area contributed by atoms with Crippen LogP contribution in [-0.2, 0) is 4.74 Å². The highest BCUT2D eigenvalue weighted by Gasteiger charge is 2.32. The first-order valence-electron chi connectivity index (χ1n) is 7.25. The van der Waals surface area contributed by atoms with Crippen molar-refractivity contribution in [3.05, 3.63) is 29.8 Å². The van der Waals surface area contributed by atoms with Crippen molar-refractivity contribution in [1.29, 1.82) is 0 Å². The van der Waals surface area contributed by atoms with E-state index < -0.39 is 5.60 Å². The lowest BCUT2D eigenvalue weighted by Crippen LogP contribution is -2.50. The second-order valence-electron chi connectivity index (χ2n) is 6.14. The zero-order valence-corrected chi connectivity index (χ0v) is 13.2. The number of carbonyl (C=O) groups is 1. The van der Waals surface area contributed by atoms with E-state index in [1.807, 2.05) is 45.0 Å². The van der Waals surface area contributed by atoms with Crippen molar-refractivity contribution >= 4 is 6.09 Å². The summed E-state index contributed by atoms with van der Waals surface area (Å²) in [5, 5.41) is 3.33. The van der Waals surface area contributed by atoms with Crippen molar-refractivity contribution in [2.75, 3.05) is 26.7 Å². The minimum Gasteiger partial charge on any atom is -0.496 e. The molecule has 0 unspecified atom stereocenters. The molecule has 1 aliphatic rings. The maximum atomic E-state index is 12.4. The van der Waals surface area contributed by atoms with Crippen LogP contribution in [0.2, 0.25) is 0 Å². The highest BCUT2D eigenvalue weighted by molar-refractivity contribution is 5.69. The number of hydrogen-bond donors (Lipinski definition) is 1. The minimum absolute atomic E-state index is 0.0789. The highest BCUT2D eigenvalue weighted by atomic mass is 16.6. The van der Waals surface area contributed by atoms with Crippen LogP contribution in [-0.4, -0.2) is 43.3 Å². The minimum atomic E-state index is -0.493. The summed E-state index contributed by atoms with van der Waals surface area (Å²) in [7, 11) is 1.65. The predicted octanol–water partition coefficient (Wildman–Crippen LogP) is 2.58. The molecule has 0 radical (unpaired) electrons. The van der Waals surface area contributed by atoms with Crippen LogP contribution in [0, 0.1) is 0 Å². The molecule has 2 rings (SSSR count). The van der Waals surface area contributed by atoms with Gasteiger partial charge < -0.3 is 14.8 Å². The molecule has 0 bridgehead atoms. The van der Waals surface area contributed by atoms with Crippen molar-refractivity contribution in [3.8, 4) is 5.75 Å². The number of carbonyl (C=O) groups excluding carboxylic acids is 1. The maximum Gasteiger partial charge on any atom is 0.410 e. The van der Waals surface area contributed by atoms with Gasteiger partial charge in [-0.15, -0.1) is 0 Å². The summed E-state index contributed by atoms with van der Waals surface area (Å²) in [5.74, 6) is 0.791. The van der Waals surface area contributed by atoms with E-state index in [1.165, 1.54) is 0 Å². The third kappa shape index (κ3) is 3.88. The largest absolute Gasteiger partial charge is 0.496 e. The van der Waals surface area contributed by atoms with E-state index in [0.29, 0.717) is 13.1 Å². The number of rotatable bonds is 2. The molecule has 1 aromatic rings. The Morgan fingerprint density at radius 2 is 2.05 bits per heavy atom. The van der Waals surface area contributed by atoms with Crippen LogP contribution in [0.5, 0.6) is 5.75 Å². The Hall–Kier alpha value is -1.75. The van der Waals surface area contributed by atoms with Crippen molar-refractivity contribution in [2.24, 2.45) is 0 Å². The van der Waals surface area contributed by atoms with Gasteiger partial charge in [-0.3, -0.25) is 4.90 Å². The lowest BCUT2D eigenvalue weighted by molar-refractivity contribution is 0.0116. The smallest absolute Gasteiger partial charge is 0.410 e. The predicted molar refractivity (Wildman–Crippen MR) is 81.5 cm³/mol. The number of hydrogen-bond acceptors (Lipinski definition) is 4. The van der Waals surface area contributed by atoms with Gasteiger partial charge >= 0.3 is 6.09 Å². The first kappa shape index (κ1) is 15.6. The summed E-state index contributed by atoms with van der Waals surface area (Å²) in [6.45, 7) is 7.73. The Morgan fingerprint density at radius 3 is 2.71 bits per heavy atom. The first-order valence-corrected chi connectivity index (χ1v) is 7.25. The molecule has 5 heteroatoms. The molecule has 116 valence electrons. The molecule has 0 spiro atoms. The number of benzene rings is 1. The van der Waals surface area contributed by atoms with Crippen LogP contribution >= 0.6 is 0 Å². The van der Waals surface area contributed by atoms with Gasteiger partial charge in [0.05, 0.1) is 13.2 Å². The van der Waals surface area contributed by atoms with Gasteiger partial charge in [0.25, 0.3) is 0 Å². The van der Waals surface area contributed by atoms with Crippen LogP contribution in [0.3, 0.4) is 0 Å². The zero-order valence-electron chi connectivity index (χ0n) is 13.2. The van der Waals surface area contributed by atoms with E-state index in [2.05, 4.69) is 5.32 Å². The molecule has 1 saturated heterocycles. The monoisotopic (exact) mass is 292 g/mol. The van der Waals surface area contributed by atoms with Gasteiger partial charge in [-0.2, -0.15) is 0 Å². The third-order valence-corrected chi connectivity index (χ3v) is 3.37. The van der Waals surface area contributed by atoms with E-state index in [-0.39, 0.29) is 12.1 Å². The molecule has 1 amide bonds. The molecular formula is C16H24N2O3. The highest BCUT2D eigenvalue weighted by Crippen LogP contribution is 2.31. The molecule has 1 aromatic carbocycles. The second-order valence-corrected chi connectivity index (χ2v) is 6.14. The van der Waals surface area contributed by atoms with Crippen LogP contribution in [0.15, 0.2) is 24.3 Å². The van der Waals surface area contributed by atoms with E-state index >= 15 is 0 Å². The van der Waals surface area contributed by atoms with Gasteiger partial charge in [0, 0.05) is 25.2 Å².